The van der Waals surface area contributed by atoms with Crippen LogP contribution in [0.3, 0.4) is 0 Å². The molecule has 0 bridgehead atoms. The summed E-state index contributed by atoms with van der Waals surface area (Å²) >= 11 is 0. The first-order chi connectivity index (χ1) is 9.09. The van der Waals surface area contributed by atoms with Crippen LogP contribution in [0.5, 0.6) is 0 Å². The van der Waals surface area contributed by atoms with Crippen molar-refractivity contribution in [1.82, 2.24) is 0 Å². The molecule has 1 saturated carbocycles. The lowest BCUT2D eigenvalue weighted by Crippen LogP contribution is -2.23. The molecule has 0 unspecified atom stereocenters. The maximum Gasteiger partial charge on any atom is 0.163 e. The van der Waals surface area contributed by atoms with E-state index in [0.717, 1.165) is 24.8 Å². The number of carboxylic acids is 1. The average Bonchev–Trinajstić information content (AvgIpc) is 2.40. The second-order valence-electron chi connectivity index (χ2n) is 4.80. The minimum atomic E-state index is -1.23. The Bertz CT molecular complexity index is 534. The van der Waals surface area contributed by atoms with Crippen molar-refractivity contribution in [1.29, 1.82) is 0 Å². The summed E-state index contributed by atoms with van der Waals surface area (Å²) in [6.45, 7) is 1.92. The summed E-state index contributed by atoms with van der Waals surface area (Å²) in [7, 11) is 0. The summed E-state index contributed by atoms with van der Waals surface area (Å²) in [4.78, 5) is 22.9. The Morgan fingerprint density at radius 1 is 1.42 bits per heavy atom. The molecule has 0 aliphatic heterocycles. The Hall–Kier alpha value is -2.10. The molecule has 1 aromatic rings. The molecule has 2 rings (SSSR count). The summed E-state index contributed by atoms with van der Waals surface area (Å²) in [5.41, 5.74) is 1.27. The van der Waals surface area contributed by atoms with Crippen LogP contribution in [0.4, 0.5) is 5.69 Å². The van der Waals surface area contributed by atoms with Gasteiger partial charge in [-0.1, -0.05) is 25.1 Å². The molecule has 4 nitrogen and oxygen atoms in total. The van der Waals surface area contributed by atoms with Crippen LogP contribution < -0.4 is 10.4 Å². The fraction of sp³-hybridized carbons (Fsp3) is 0.333. The first-order valence-electron chi connectivity index (χ1n) is 6.39. The molecular weight excluding hydrogens is 242 g/mol. The Labute approximate surface area is 112 Å². The lowest BCUT2D eigenvalue weighted by molar-refractivity contribution is -0.254. The highest BCUT2D eigenvalue weighted by Crippen LogP contribution is 2.25. The monoisotopic (exact) mass is 258 g/mol. The molecule has 0 radical (unpaired) electrons. The van der Waals surface area contributed by atoms with Gasteiger partial charge in [-0.15, -0.1) is 0 Å². The number of carbonyl (C=O) groups excluding carboxylic acids is 2. The fourth-order valence-corrected chi connectivity index (χ4v) is 2.26. The molecule has 0 spiro atoms. The Morgan fingerprint density at radius 3 is 2.89 bits per heavy atom. The standard InChI is InChI=1S/C15H17NO3/c1-10-5-4-6-11(14(10)17)9-16-13-8-3-2-7-12(13)15(18)19/h2-3,7-10,16H,4-6H2,1H3,(H,18,19)/p-1/t10-/m0/s1. The van der Waals surface area contributed by atoms with Crippen molar-refractivity contribution in [3.8, 4) is 0 Å². The minimum Gasteiger partial charge on any atom is -0.545 e. The molecule has 4 heteroatoms. The van der Waals surface area contributed by atoms with Crippen LogP contribution in [-0.2, 0) is 4.79 Å². The predicted octanol–water partition coefficient (Wildman–Crippen LogP) is 1.73. The van der Waals surface area contributed by atoms with Crippen LogP contribution in [0, 0.1) is 5.92 Å². The van der Waals surface area contributed by atoms with E-state index in [1.54, 1.807) is 24.4 Å². The van der Waals surface area contributed by atoms with Gasteiger partial charge in [-0.3, -0.25) is 4.79 Å². The van der Waals surface area contributed by atoms with Crippen molar-refractivity contribution in [2.75, 3.05) is 5.32 Å². The van der Waals surface area contributed by atoms with Crippen LogP contribution in [0.2, 0.25) is 0 Å². The predicted molar refractivity (Wildman–Crippen MR) is 70.5 cm³/mol. The molecule has 19 heavy (non-hydrogen) atoms. The lowest BCUT2D eigenvalue weighted by Gasteiger charge is -2.19. The number of para-hydroxylation sites is 1. The van der Waals surface area contributed by atoms with Crippen LogP contribution in [0.25, 0.3) is 0 Å². The third kappa shape index (κ3) is 3.02. The van der Waals surface area contributed by atoms with Crippen LogP contribution in [0.1, 0.15) is 36.5 Å². The van der Waals surface area contributed by atoms with Gasteiger partial charge in [0.2, 0.25) is 0 Å². The molecule has 0 saturated heterocycles. The second-order valence-corrected chi connectivity index (χ2v) is 4.80. The SMILES string of the molecule is C[C@H]1CCCC(=CNc2ccccc2C(=O)[O-])C1=O. The van der Waals surface area contributed by atoms with Crippen molar-refractivity contribution >= 4 is 17.4 Å². The molecule has 1 aliphatic rings. The highest BCUT2D eigenvalue weighted by molar-refractivity contribution is 5.98. The third-order valence-electron chi connectivity index (χ3n) is 3.40. The zero-order valence-corrected chi connectivity index (χ0v) is 10.8. The highest BCUT2D eigenvalue weighted by atomic mass is 16.4. The van der Waals surface area contributed by atoms with E-state index in [0.29, 0.717) is 5.69 Å². The molecule has 1 aliphatic carbocycles. The van der Waals surface area contributed by atoms with Crippen molar-refractivity contribution in [2.45, 2.75) is 26.2 Å². The number of aromatic carboxylic acids is 1. The summed E-state index contributed by atoms with van der Waals surface area (Å²) < 4.78 is 0. The number of rotatable bonds is 3. The van der Waals surface area contributed by atoms with Crippen molar-refractivity contribution in [3.05, 3.63) is 41.6 Å². The number of Topliss-reactive ketones (excluding diaryl/α,β-unsaturated/α-hetero) is 1. The van der Waals surface area contributed by atoms with E-state index < -0.39 is 5.97 Å². The molecule has 0 amide bonds. The van der Waals surface area contributed by atoms with E-state index in [1.807, 2.05) is 6.92 Å². The number of anilines is 1. The van der Waals surface area contributed by atoms with Crippen LogP contribution in [0.15, 0.2) is 36.0 Å². The number of nitrogens with one attached hydrogen (secondary N) is 1. The van der Waals surface area contributed by atoms with Crippen LogP contribution >= 0.6 is 0 Å². The smallest absolute Gasteiger partial charge is 0.163 e. The molecular formula is C15H16NO3-. The Kier molecular flexibility index (Phi) is 4.00. The second kappa shape index (κ2) is 5.69. The summed E-state index contributed by atoms with van der Waals surface area (Å²) in [5, 5.41) is 13.9. The zero-order valence-electron chi connectivity index (χ0n) is 10.8. The molecule has 0 aromatic heterocycles. The number of hydrogen-bond donors (Lipinski definition) is 1. The van der Waals surface area contributed by atoms with Gasteiger partial charge in [0.25, 0.3) is 0 Å². The number of carboxylic acid groups (broad SMARTS) is 1. The summed E-state index contributed by atoms with van der Waals surface area (Å²) in [6, 6.07) is 6.50. The fourth-order valence-electron chi connectivity index (χ4n) is 2.26. The van der Waals surface area contributed by atoms with Gasteiger partial charge in [-0.2, -0.15) is 0 Å². The first-order valence-corrected chi connectivity index (χ1v) is 6.39. The van der Waals surface area contributed by atoms with Crippen molar-refractivity contribution < 1.29 is 14.7 Å². The normalized spacial score (nSPS) is 21.4. The van der Waals surface area contributed by atoms with E-state index in [9.17, 15) is 14.7 Å². The molecule has 0 heterocycles. The lowest BCUT2D eigenvalue weighted by atomic mass is 9.86. The maximum absolute atomic E-state index is 11.9. The maximum atomic E-state index is 11.9. The largest absolute Gasteiger partial charge is 0.545 e. The summed E-state index contributed by atoms with van der Waals surface area (Å²) in [5.74, 6) is -1.03. The average molecular weight is 258 g/mol. The van der Waals surface area contributed by atoms with Gasteiger partial charge < -0.3 is 15.2 Å². The molecule has 1 N–H and O–H groups in total. The van der Waals surface area contributed by atoms with E-state index in [2.05, 4.69) is 5.32 Å². The minimum absolute atomic E-state index is 0.0539. The topological polar surface area (TPSA) is 69.2 Å². The van der Waals surface area contributed by atoms with E-state index >= 15 is 0 Å². The van der Waals surface area contributed by atoms with E-state index in [1.165, 1.54) is 6.07 Å². The van der Waals surface area contributed by atoms with Gasteiger partial charge >= 0.3 is 0 Å². The molecule has 1 aromatic carbocycles. The molecule has 1 fully saturated rings. The van der Waals surface area contributed by atoms with E-state index in [4.69, 9.17) is 0 Å². The third-order valence-corrected chi connectivity index (χ3v) is 3.40. The van der Waals surface area contributed by atoms with Crippen molar-refractivity contribution in [3.63, 3.8) is 0 Å². The van der Waals surface area contributed by atoms with Gasteiger partial charge in [0.15, 0.2) is 5.78 Å². The number of ketones is 1. The highest BCUT2D eigenvalue weighted by Gasteiger charge is 2.22. The summed E-state index contributed by atoms with van der Waals surface area (Å²) in [6.07, 6.45) is 4.28. The zero-order chi connectivity index (χ0) is 13.8. The number of hydrogen-bond acceptors (Lipinski definition) is 4. The van der Waals surface area contributed by atoms with Gasteiger partial charge in [-0.25, -0.2) is 0 Å². The van der Waals surface area contributed by atoms with Gasteiger partial charge in [-0.05, 0) is 25.3 Å². The molecule has 1 atom stereocenters. The van der Waals surface area contributed by atoms with Gasteiger partial charge in [0, 0.05) is 28.9 Å². The Balaban J connectivity index is 2.18. The van der Waals surface area contributed by atoms with Crippen LogP contribution in [-0.4, -0.2) is 11.8 Å². The number of carbonyl (C=O) groups is 2. The van der Waals surface area contributed by atoms with E-state index in [-0.39, 0.29) is 17.3 Å². The first kappa shape index (κ1) is 13.3. The van der Waals surface area contributed by atoms with Gasteiger partial charge in [0.05, 0.1) is 5.97 Å². The number of benzene rings is 1. The quantitative estimate of drug-likeness (QED) is 0.838. The van der Waals surface area contributed by atoms with Gasteiger partial charge in [0.1, 0.15) is 0 Å². The molecule has 100 valence electrons. The number of allylic oxidation sites excluding steroid dienone is 1. The Morgan fingerprint density at radius 2 is 2.16 bits per heavy atom. The van der Waals surface area contributed by atoms with Crippen molar-refractivity contribution in [2.24, 2.45) is 5.92 Å².